The predicted octanol–water partition coefficient (Wildman–Crippen LogP) is 3.57. The van der Waals surface area contributed by atoms with Crippen LogP contribution in [0.1, 0.15) is 11.3 Å². The summed E-state index contributed by atoms with van der Waals surface area (Å²) in [4.78, 5) is 4.33. The van der Waals surface area contributed by atoms with E-state index in [-0.39, 0.29) is 0 Å². The van der Waals surface area contributed by atoms with Crippen molar-refractivity contribution in [3.05, 3.63) is 78.1 Å². The van der Waals surface area contributed by atoms with E-state index in [9.17, 15) is 0 Å². The van der Waals surface area contributed by atoms with E-state index in [1.807, 2.05) is 18.3 Å². The molecule has 3 rings (SSSR count). The van der Waals surface area contributed by atoms with Crippen LogP contribution in [0.2, 0.25) is 0 Å². The van der Waals surface area contributed by atoms with Gasteiger partial charge in [-0.25, -0.2) is 0 Å². The van der Waals surface area contributed by atoms with Gasteiger partial charge in [0.2, 0.25) is 0 Å². The molecule has 1 aromatic heterocycles. The highest BCUT2D eigenvalue weighted by molar-refractivity contribution is 5.85. The fourth-order valence-corrected chi connectivity index (χ4v) is 2.43. The smallest absolute Gasteiger partial charge is 0.0416 e. The summed E-state index contributed by atoms with van der Waals surface area (Å²) in [6.45, 7) is 1.84. The first-order valence-corrected chi connectivity index (χ1v) is 7.01. The Morgan fingerprint density at radius 1 is 0.850 bits per heavy atom. The van der Waals surface area contributed by atoms with Crippen molar-refractivity contribution in [1.29, 1.82) is 0 Å². The van der Waals surface area contributed by atoms with Crippen molar-refractivity contribution in [2.75, 3.05) is 6.54 Å². The number of pyridine rings is 1. The van der Waals surface area contributed by atoms with Crippen molar-refractivity contribution >= 4 is 10.8 Å². The van der Waals surface area contributed by atoms with Gasteiger partial charge in [0.05, 0.1) is 0 Å². The van der Waals surface area contributed by atoms with Gasteiger partial charge in [-0.2, -0.15) is 0 Å². The van der Waals surface area contributed by atoms with Crippen LogP contribution in [0.15, 0.2) is 66.9 Å². The van der Waals surface area contributed by atoms with Crippen molar-refractivity contribution in [3.8, 4) is 0 Å². The fraction of sp³-hybridized carbons (Fsp3) is 0.167. The molecule has 0 amide bonds. The Morgan fingerprint density at radius 2 is 1.70 bits per heavy atom. The van der Waals surface area contributed by atoms with E-state index in [4.69, 9.17) is 0 Å². The van der Waals surface area contributed by atoms with Crippen molar-refractivity contribution in [1.82, 2.24) is 10.3 Å². The molecule has 0 aliphatic heterocycles. The second-order valence-electron chi connectivity index (χ2n) is 4.89. The SMILES string of the molecule is c1ccc(CCNCc2cccc3ccccc23)nc1. The van der Waals surface area contributed by atoms with Gasteiger partial charge in [-0.3, -0.25) is 4.98 Å². The van der Waals surface area contributed by atoms with E-state index >= 15 is 0 Å². The maximum Gasteiger partial charge on any atom is 0.0416 e. The Morgan fingerprint density at radius 3 is 2.60 bits per heavy atom. The highest BCUT2D eigenvalue weighted by Crippen LogP contribution is 2.18. The Balaban J connectivity index is 1.60. The van der Waals surface area contributed by atoms with Gasteiger partial charge in [-0.1, -0.05) is 48.5 Å². The first-order valence-electron chi connectivity index (χ1n) is 7.01. The van der Waals surface area contributed by atoms with Gasteiger partial charge in [0, 0.05) is 31.4 Å². The number of nitrogens with zero attached hydrogens (tertiary/aromatic N) is 1. The number of fused-ring (bicyclic) bond motifs is 1. The lowest BCUT2D eigenvalue weighted by Crippen LogP contribution is -2.17. The molecule has 0 fully saturated rings. The molecule has 20 heavy (non-hydrogen) atoms. The monoisotopic (exact) mass is 262 g/mol. The topological polar surface area (TPSA) is 24.9 Å². The van der Waals surface area contributed by atoms with Gasteiger partial charge in [0.25, 0.3) is 0 Å². The zero-order chi connectivity index (χ0) is 13.6. The number of aromatic nitrogens is 1. The minimum atomic E-state index is 0.897. The summed E-state index contributed by atoms with van der Waals surface area (Å²) in [6, 6.07) is 21.1. The Bertz CT molecular complexity index is 672. The van der Waals surface area contributed by atoms with E-state index < -0.39 is 0 Å². The molecule has 0 saturated heterocycles. The van der Waals surface area contributed by atoms with Crippen molar-refractivity contribution in [2.45, 2.75) is 13.0 Å². The van der Waals surface area contributed by atoms with Gasteiger partial charge in [-0.05, 0) is 28.5 Å². The Hall–Kier alpha value is -2.19. The number of nitrogens with one attached hydrogen (secondary N) is 1. The molecular formula is C18H18N2. The van der Waals surface area contributed by atoms with Crippen LogP contribution in [0.4, 0.5) is 0 Å². The van der Waals surface area contributed by atoms with Crippen molar-refractivity contribution in [2.24, 2.45) is 0 Å². The van der Waals surface area contributed by atoms with Crippen molar-refractivity contribution < 1.29 is 0 Å². The van der Waals surface area contributed by atoms with Gasteiger partial charge in [0.1, 0.15) is 0 Å². The lowest BCUT2D eigenvalue weighted by molar-refractivity contribution is 0.682. The first-order chi connectivity index (χ1) is 9.93. The van der Waals surface area contributed by atoms with Crippen LogP contribution in [-0.2, 0) is 13.0 Å². The van der Waals surface area contributed by atoms with Crippen molar-refractivity contribution in [3.63, 3.8) is 0 Å². The third kappa shape index (κ3) is 3.03. The molecule has 0 bridgehead atoms. The van der Waals surface area contributed by atoms with E-state index in [1.165, 1.54) is 16.3 Å². The zero-order valence-electron chi connectivity index (χ0n) is 11.4. The summed E-state index contributed by atoms with van der Waals surface area (Å²) < 4.78 is 0. The van der Waals surface area contributed by atoms with Gasteiger partial charge in [-0.15, -0.1) is 0 Å². The average Bonchev–Trinajstić information content (AvgIpc) is 2.53. The van der Waals surface area contributed by atoms with Gasteiger partial charge in [0.15, 0.2) is 0 Å². The lowest BCUT2D eigenvalue weighted by Gasteiger charge is -2.08. The summed E-state index contributed by atoms with van der Waals surface area (Å²) in [5, 5.41) is 6.14. The fourth-order valence-electron chi connectivity index (χ4n) is 2.43. The molecule has 1 heterocycles. The van der Waals surface area contributed by atoms with Crippen LogP contribution in [0.3, 0.4) is 0 Å². The van der Waals surface area contributed by atoms with E-state index in [1.54, 1.807) is 0 Å². The zero-order valence-corrected chi connectivity index (χ0v) is 11.4. The minimum absolute atomic E-state index is 0.897. The van der Waals surface area contributed by atoms with Gasteiger partial charge >= 0.3 is 0 Å². The minimum Gasteiger partial charge on any atom is -0.312 e. The molecule has 0 aliphatic carbocycles. The molecule has 2 aromatic carbocycles. The molecule has 3 aromatic rings. The molecule has 100 valence electrons. The quantitative estimate of drug-likeness (QED) is 0.711. The molecule has 0 saturated carbocycles. The molecule has 1 N–H and O–H groups in total. The second-order valence-corrected chi connectivity index (χ2v) is 4.89. The number of hydrogen-bond acceptors (Lipinski definition) is 2. The summed E-state index contributed by atoms with van der Waals surface area (Å²) in [5.74, 6) is 0. The van der Waals surface area contributed by atoms with Crippen LogP contribution in [0.5, 0.6) is 0 Å². The molecule has 2 heteroatoms. The lowest BCUT2D eigenvalue weighted by atomic mass is 10.0. The number of hydrogen-bond donors (Lipinski definition) is 1. The number of rotatable bonds is 5. The molecular weight excluding hydrogens is 244 g/mol. The largest absolute Gasteiger partial charge is 0.312 e. The summed E-state index contributed by atoms with van der Waals surface area (Å²) in [5.41, 5.74) is 2.49. The van der Waals surface area contributed by atoms with E-state index in [0.717, 1.165) is 25.2 Å². The van der Waals surface area contributed by atoms with E-state index in [0.29, 0.717) is 0 Å². The highest BCUT2D eigenvalue weighted by atomic mass is 14.9. The van der Waals surface area contributed by atoms with Crippen LogP contribution in [0.25, 0.3) is 10.8 Å². The maximum atomic E-state index is 4.33. The summed E-state index contributed by atoms with van der Waals surface area (Å²) in [7, 11) is 0. The molecule has 0 unspecified atom stereocenters. The average molecular weight is 262 g/mol. The predicted molar refractivity (Wildman–Crippen MR) is 83.6 cm³/mol. The maximum absolute atomic E-state index is 4.33. The summed E-state index contributed by atoms with van der Waals surface area (Å²) in [6.07, 6.45) is 2.81. The Labute approximate surface area is 119 Å². The molecule has 2 nitrogen and oxygen atoms in total. The first kappa shape index (κ1) is 12.8. The summed E-state index contributed by atoms with van der Waals surface area (Å²) >= 11 is 0. The van der Waals surface area contributed by atoms with E-state index in [2.05, 4.69) is 58.8 Å². The molecule has 0 radical (unpaired) electrons. The third-order valence-electron chi connectivity index (χ3n) is 3.48. The second kappa shape index (κ2) is 6.31. The number of benzene rings is 2. The molecule has 0 spiro atoms. The Kier molecular flexibility index (Phi) is 4.04. The van der Waals surface area contributed by atoms with Crippen LogP contribution in [0, 0.1) is 0 Å². The highest BCUT2D eigenvalue weighted by Gasteiger charge is 1.99. The third-order valence-corrected chi connectivity index (χ3v) is 3.48. The molecule has 0 atom stereocenters. The van der Waals surface area contributed by atoms with Crippen LogP contribution >= 0.6 is 0 Å². The van der Waals surface area contributed by atoms with Gasteiger partial charge < -0.3 is 5.32 Å². The molecule has 0 aliphatic rings. The van der Waals surface area contributed by atoms with Crippen LogP contribution < -0.4 is 5.32 Å². The normalized spacial score (nSPS) is 10.8. The standard InChI is InChI=1S/C18H18N2/c1-2-10-18-15(6-1)7-5-8-16(18)14-19-13-11-17-9-3-4-12-20-17/h1-10,12,19H,11,13-14H2. The van der Waals surface area contributed by atoms with Crippen LogP contribution in [-0.4, -0.2) is 11.5 Å².